The number of esters is 3. The van der Waals surface area contributed by atoms with E-state index in [9.17, 15) is 34.5 Å². The van der Waals surface area contributed by atoms with Crippen LogP contribution < -0.4 is 5.32 Å². The summed E-state index contributed by atoms with van der Waals surface area (Å²) in [5.41, 5.74) is -6.60. The summed E-state index contributed by atoms with van der Waals surface area (Å²) in [5.74, 6) is -4.58. The van der Waals surface area contributed by atoms with Crippen LogP contribution in [-0.2, 0) is 38.1 Å². The molecule has 6 rings (SSSR count). The molecule has 1 amide bonds. The smallest absolute Gasteiger partial charge is 0.408 e. The molecule has 1 saturated heterocycles. The Morgan fingerprint density at radius 3 is 2.14 bits per heavy atom. The number of carbonyl (C=O) groups is 5. The van der Waals surface area contributed by atoms with Crippen molar-refractivity contribution in [2.24, 2.45) is 16.7 Å². The van der Waals surface area contributed by atoms with Crippen molar-refractivity contribution in [1.29, 1.82) is 0 Å². The van der Waals surface area contributed by atoms with E-state index in [2.05, 4.69) is 5.32 Å². The first-order chi connectivity index (χ1) is 27.0. The van der Waals surface area contributed by atoms with Gasteiger partial charge >= 0.3 is 24.0 Å². The number of hydrogen-bond donors (Lipinski definition) is 4. The standard InChI is InChI=1S/C43H52INO13/c1-22-26(55-37(51)32(48)31(24-15-11-9-12-16-24)45-38(52)58-39(3,4)5)20-43(53)35(56-36(50)25-17-13-10-14-18-25)33-41(8,34(49)30(44)29(22)40(43,6)7)27(47)19-28-42(33,21-54-28)57-23(2)46/h9-18,26-28,30-33,35,47-48,53H,19-21H2,1-8H3,(H,45,52)/t26-,27?,28+,30?,31?,32+,33-,35-,41-,42-,43?/m0/s1. The van der Waals surface area contributed by atoms with E-state index in [1.165, 1.54) is 19.1 Å². The number of Topliss-reactive ketones (excluding diaryl/α,β-unsaturated/α-hetero) is 1. The molecule has 15 heteroatoms. The van der Waals surface area contributed by atoms with Crippen molar-refractivity contribution in [3.05, 3.63) is 82.9 Å². The van der Waals surface area contributed by atoms with Crippen LogP contribution in [-0.4, -0.2) is 103 Å². The van der Waals surface area contributed by atoms with E-state index in [-0.39, 0.29) is 18.6 Å². The molecule has 0 radical (unpaired) electrons. The van der Waals surface area contributed by atoms with Crippen LogP contribution in [0.15, 0.2) is 71.8 Å². The second kappa shape index (κ2) is 15.6. The third kappa shape index (κ3) is 7.34. The lowest BCUT2D eigenvalue weighted by Gasteiger charge is -2.67. The van der Waals surface area contributed by atoms with Crippen molar-refractivity contribution in [1.82, 2.24) is 5.32 Å². The Kier molecular flexibility index (Phi) is 11.8. The molecule has 4 aliphatic rings. The zero-order chi connectivity index (χ0) is 42.7. The third-order valence-corrected chi connectivity index (χ3v) is 13.7. The van der Waals surface area contributed by atoms with Crippen LogP contribution in [0.2, 0.25) is 0 Å². The van der Waals surface area contributed by atoms with Gasteiger partial charge in [-0.05, 0) is 63.5 Å². The Morgan fingerprint density at radius 1 is 0.983 bits per heavy atom. The Morgan fingerprint density at radius 2 is 1.59 bits per heavy atom. The van der Waals surface area contributed by atoms with Crippen LogP contribution in [0.1, 0.15) is 90.2 Å². The molecule has 1 aliphatic heterocycles. The average Bonchev–Trinajstić information content (AvgIpc) is 3.14. The summed E-state index contributed by atoms with van der Waals surface area (Å²) in [6, 6.07) is 15.0. The number of hydrogen-bond acceptors (Lipinski definition) is 13. The third-order valence-electron chi connectivity index (χ3n) is 12.5. The fraction of sp³-hybridized carbons (Fsp3) is 0.558. The van der Waals surface area contributed by atoms with Gasteiger partial charge in [-0.25, -0.2) is 14.4 Å². The lowest BCUT2D eigenvalue weighted by molar-refractivity contribution is -0.344. The molecule has 0 spiro atoms. The van der Waals surface area contributed by atoms with Crippen LogP contribution in [0.4, 0.5) is 4.79 Å². The highest BCUT2D eigenvalue weighted by molar-refractivity contribution is 14.1. The largest absolute Gasteiger partial charge is 0.456 e. The summed E-state index contributed by atoms with van der Waals surface area (Å²) in [7, 11) is 0. The first-order valence-corrected chi connectivity index (χ1v) is 20.5. The number of ether oxygens (including phenoxy) is 5. The second-order valence-corrected chi connectivity index (χ2v) is 18.8. The normalized spacial score (nSPS) is 33.7. The number of carbonyl (C=O) groups excluding carboxylic acids is 5. The Bertz CT molecular complexity index is 1980. The number of alkyl carbamates (subject to hydrolysis) is 1. The van der Waals surface area contributed by atoms with E-state index >= 15 is 4.79 Å². The molecule has 3 aliphatic carbocycles. The number of nitrogens with one attached hydrogen (secondary N) is 1. The fourth-order valence-corrected chi connectivity index (χ4v) is 11.4. The number of alkyl halides is 1. The monoisotopic (exact) mass is 917 g/mol. The summed E-state index contributed by atoms with van der Waals surface area (Å²) < 4.78 is 28.8. The number of halogens is 1. The minimum absolute atomic E-state index is 0.0768. The number of benzene rings is 2. The predicted molar refractivity (Wildman–Crippen MR) is 215 cm³/mol. The summed E-state index contributed by atoms with van der Waals surface area (Å²) in [6.45, 7) is 12.6. The maximum atomic E-state index is 15.2. The number of fused-ring (bicyclic) bond motifs is 5. The summed E-state index contributed by atoms with van der Waals surface area (Å²) >= 11 is 1.96. The van der Waals surface area contributed by atoms with E-state index in [4.69, 9.17) is 23.7 Å². The molecule has 2 bridgehead atoms. The molecule has 0 aromatic heterocycles. The van der Waals surface area contributed by atoms with Gasteiger partial charge in [-0.15, -0.1) is 0 Å². The van der Waals surface area contributed by atoms with Gasteiger partial charge < -0.3 is 44.3 Å². The van der Waals surface area contributed by atoms with Crippen LogP contribution in [0, 0.1) is 16.7 Å². The molecule has 2 aromatic rings. The Labute approximate surface area is 351 Å². The van der Waals surface area contributed by atoms with E-state index in [1.54, 1.807) is 97.0 Å². The molecular weight excluding hydrogens is 865 g/mol. The van der Waals surface area contributed by atoms with Crippen LogP contribution in [0.25, 0.3) is 0 Å². The molecule has 1 heterocycles. The molecule has 3 fully saturated rings. The van der Waals surface area contributed by atoms with Crippen molar-refractivity contribution in [2.45, 2.75) is 126 Å². The number of amides is 1. The van der Waals surface area contributed by atoms with Gasteiger partial charge in [-0.3, -0.25) is 9.59 Å². The molecular formula is C43H52INO13. The molecule has 2 aromatic carbocycles. The highest BCUT2D eigenvalue weighted by Gasteiger charge is 2.77. The molecule has 314 valence electrons. The average molecular weight is 918 g/mol. The van der Waals surface area contributed by atoms with Gasteiger partial charge in [0.2, 0.25) is 0 Å². The molecule has 4 N–H and O–H groups in total. The highest BCUT2D eigenvalue weighted by Crippen LogP contribution is 2.65. The highest BCUT2D eigenvalue weighted by atomic mass is 127. The van der Waals surface area contributed by atoms with Crippen molar-refractivity contribution in [3.63, 3.8) is 0 Å². The maximum Gasteiger partial charge on any atom is 0.408 e. The lowest BCUT2D eigenvalue weighted by Crippen LogP contribution is -2.81. The van der Waals surface area contributed by atoms with E-state index < -0.39 is 110 Å². The zero-order valence-corrected chi connectivity index (χ0v) is 36.0. The molecule has 2 saturated carbocycles. The minimum Gasteiger partial charge on any atom is -0.456 e. The van der Waals surface area contributed by atoms with Gasteiger partial charge in [0, 0.05) is 25.2 Å². The number of rotatable bonds is 8. The van der Waals surface area contributed by atoms with Gasteiger partial charge in [-0.1, -0.05) is 85.0 Å². The van der Waals surface area contributed by atoms with Gasteiger partial charge in [-0.2, -0.15) is 0 Å². The van der Waals surface area contributed by atoms with Crippen molar-refractivity contribution < 1.29 is 63.0 Å². The van der Waals surface area contributed by atoms with E-state index in [1.807, 2.05) is 22.6 Å². The van der Waals surface area contributed by atoms with Crippen molar-refractivity contribution >= 4 is 52.4 Å². The summed E-state index contributed by atoms with van der Waals surface area (Å²) in [6.07, 6.45) is -8.66. The van der Waals surface area contributed by atoms with Crippen molar-refractivity contribution in [3.8, 4) is 0 Å². The SMILES string of the molecule is CC(=O)O[C@@]12CO[C@@H]1CC(O)[C@]1(C)C(=O)C(I)C3=C(C)[C@@H](OC(=O)[C@H](O)C(NC(=O)OC(C)(C)C)c4ccccc4)CC(O)([C@@H](OC(=O)c4ccccc4)[C@H]21)C3(C)C. The Hall–Kier alpha value is -3.90. The number of ketones is 1. The van der Waals surface area contributed by atoms with Crippen LogP contribution >= 0.6 is 22.6 Å². The number of aliphatic hydroxyl groups excluding tert-OH is 2. The predicted octanol–water partition coefficient (Wildman–Crippen LogP) is 4.70. The molecule has 58 heavy (non-hydrogen) atoms. The first-order valence-electron chi connectivity index (χ1n) is 19.3. The van der Waals surface area contributed by atoms with Gasteiger partial charge in [0.1, 0.15) is 29.5 Å². The zero-order valence-electron chi connectivity index (χ0n) is 33.8. The van der Waals surface area contributed by atoms with Gasteiger partial charge in [0.05, 0.1) is 39.6 Å². The topological polar surface area (TPSA) is 204 Å². The van der Waals surface area contributed by atoms with Crippen LogP contribution in [0.3, 0.4) is 0 Å². The number of aliphatic hydroxyl groups is 3. The molecule has 14 nitrogen and oxygen atoms in total. The summed E-state index contributed by atoms with van der Waals surface area (Å²) in [4.78, 5) is 69.3. The van der Waals surface area contributed by atoms with Gasteiger partial charge in [0.25, 0.3) is 0 Å². The van der Waals surface area contributed by atoms with Crippen molar-refractivity contribution in [2.75, 3.05) is 6.61 Å². The van der Waals surface area contributed by atoms with E-state index in [0.717, 1.165) is 0 Å². The maximum absolute atomic E-state index is 15.2. The second-order valence-electron chi connectivity index (χ2n) is 17.5. The Balaban J connectivity index is 1.49. The molecule has 4 unspecified atom stereocenters. The van der Waals surface area contributed by atoms with Gasteiger partial charge in [0.15, 0.2) is 17.5 Å². The summed E-state index contributed by atoms with van der Waals surface area (Å²) in [5, 5.41) is 39.7. The molecule has 11 atom stereocenters. The lowest BCUT2D eigenvalue weighted by atomic mass is 9.45. The first kappa shape index (κ1) is 43.7. The van der Waals surface area contributed by atoms with E-state index in [0.29, 0.717) is 16.7 Å². The van der Waals surface area contributed by atoms with Crippen LogP contribution in [0.5, 0.6) is 0 Å². The quantitative estimate of drug-likeness (QED) is 0.0934. The minimum atomic E-state index is -2.20. The fourth-order valence-electron chi connectivity index (χ4n) is 9.50.